The largest absolute Gasteiger partial charge is 0.484 e. The number of benzene rings is 3. The molecule has 0 radical (unpaired) electrons. The van der Waals surface area contributed by atoms with E-state index in [1.807, 2.05) is 62.4 Å². The topological polar surface area (TPSA) is 77.2 Å². The van der Waals surface area contributed by atoms with E-state index in [0.717, 1.165) is 34.2 Å². The van der Waals surface area contributed by atoms with Crippen LogP contribution in [0.25, 0.3) is 0 Å². The Labute approximate surface area is 195 Å². The molecule has 3 aromatic carbocycles. The Morgan fingerprint density at radius 1 is 1.06 bits per heavy atom. The van der Waals surface area contributed by atoms with Gasteiger partial charge in [-0.3, -0.25) is 4.79 Å². The molecule has 0 aliphatic rings. The number of anilines is 1. The minimum Gasteiger partial charge on any atom is -0.484 e. The van der Waals surface area contributed by atoms with Crippen LogP contribution >= 0.6 is 11.8 Å². The molecule has 0 saturated carbocycles. The van der Waals surface area contributed by atoms with Crippen LogP contribution in [0.2, 0.25) is 0 Å². The highest BCUT2D eigenvalue weighted by Crippen LogP contribution is 2.35. The smallest absolute Gasteiger partial charge is 0.277 e. The first-order valence-electron chi connectivity index (χ1n) is 10.3. The number of hydrogen-bond donors (Lipinski definition) is 1. The third kappa shape index (κ3) is 5.98. The number of hydrogen-bond acceptors (Lipinski definition) is 6. The first-order valence-corrected chi connectivity index (χ1v) is 11.2. The number of aryl methyl sites for hydroxylation is 2. The van der Waals surface area contributed by atoms with Crippen LogP contribution in [0.5, 0.6) is 5.75 Å². The minimum atomic E-state index is -0.649. The maximum Gasteiger partial charge on any atom is 0.277 e. The molecule has 0 saturated heterocycles. The molecule has 0 aliphatic carbocycles. The summed E-state index contributed by atoms with van der Waals surface area (Å²) in [5.41, 5.74) is 3.37. The number of aromatic nitrogens is 2. The van der Waals surface area contributed by atoms with Gasteiger partial charge in [-0.2, -0.15) is 0 Å². The van der Waals surface area contributed by atoms with Crippen molar-refractivity contribution in [3.63, 3.8) is 0 Å². The fourth-order valence-corrected chi connectivity index (χ4v) is 3.98. The van der Waals surface area contributed by atoms with Crippen molar-refractivity contribution in [3.8, 4) is 5.75 Å². The van der Waals surface area contributed by atoms with Crippen molar-refractivity contribution < 1.29 is 18.3 Å². The molecule has 1 atom stereocenters. The zero-order valence-electron chi connectivity index (χ0n) is 18.1. The lowest BCUT2D eigenvalue weighted by Gasteiger charge is -2.15. The highest BCUT2D eigenvalue weighted by molar-refractivity contribution is 8.00. The Kier molecular flexibility index (Phi) is 7.04. The molecule has 0 spiro atoms. The van der Waals surface area contributed by atoms with E-state index in [4.69, 9.17) is 9.15 Å². The maximum atomic E-state index is 13.2. The number of thioether (sulfide) groups is 1. The molecule has 33 heavy (non-hydrogen) atoms. The second-order valence-electron chi connectivity index (χ2n) is 7.42. The molecule has 6 nitrogen and oxygen atoms in total. The Morgan fingerprint density at radius 2 is 1.82 bits per heavy atom. The number of rotatable bonds is 8. The molecule has 4 aromatic rings. The van der Waals surface area contributed by atoms with Crippen molar-refractivity contribution in [2.24, 2.45) is 0 Å². The van der Waals surface area contributed by atoms with Gasteiger partial charge in [-0.05, 0) is 72.6 Å². The number of ether oxygens (including phenoxy) is 1. The third-order valence-corrected chi connectivity index (χ3v) is 5.90. The van der Waals surface area contributed by atoms with Crippen LogP contribution in [-0.2, 0) is 11.4 Å². The number of nitrogens with one attached hydrogen (secondary N) is 1. The SMILES string of the molecule is Cc1ccc(C)c(OCc2nnc(SC(C(=O)Nc3ccc(F)cc3)c3ccccc3)o2)c1. The highest BCUT2D eigenvalue weighted by Gasteiger charge is 2.25. The Balaban J connectivity index is 1.47. The standard InChI is InChI=1S/C25H22FN3O3S/c1-16-8-9-17(2)21(14-16)31-15-22-28-29-25(32-22)33-23(18-6-4-3-5-7-18)24(30)27-20-12-10-19(26)11-13-20/h3-14,23H,15H2,1-2H3,(H,27,30). The molecule has 1 N–H and O–H groups in total. The highest BCUT2D eigenvalue weighted by atomic mass is 32.2. The lowest BCUT2D eigenvalue weighted by atomic mass is 10.1. The maximum absolute atomic E-state index is 13.2. The van der Waals surface area contributed by atoms with Crippen LogP contribution < -0.4 is 10.1 Å². The van der Waals surface area contributed by atoms with E-state index >= 15 is 0 Å². The van der Waals surface area contributed by atoms with Gasteiger partial charge in [0, 0.05) is 5.69 Å². The molecule has 1 amide bonds. The van der Waals surface area contributed by atoms with Gasteiger partial charge in [-0.25, -0.2) is 4.39 Å². The summed E-state index contributed by atoms with van der Waals surface area (Å²) in [6.45, 7) is 4.08. The molecule has 0 aliphatic heterocycles. The average molecular weight is 464 g/mol. The summed E-state index contributed by atoms with van der Waals surface area (Å²) in [5.74, 6) is 0.403. The molecular weight excluding hydrogens is 441 g/mol. The fourth-order valence-electron chi connectivity index (χ4n) is 3.09. The Hall–Kier alpha value is -3.65. The summed E-state index contributed by atoms with van der Waals surface area (Å²) in [6, 6.07) is 20.8. The molecule has 8 heteroatoms. The monoisotopic (exact) mass is 463 g/mol. The summed E-state index contributed by atoms with van der Waals surface area (Å²) in [6.07, 6.45) is 0. The van der Waals surface area contributed by atoms with E-state index in [1.165, 1.54) is 24.3 Å². The van der Waals surface area contributed by atoms with Gasteiger partial charge >= 0.3 is 0 Å². The van der Waals surface area contributed by atoms with Crippen molar-refractivity contribution in [2.75, 3.05) is 5.32 Å². The van der Waals surface area contributed by atoms with Crippen LogP contribution in [-0.4, -0.2) is 16.1 Å². The van der Waals surface area contributed by atoms with Crippen molar-refractivity contribution in [1.29, 1.82) is 0 Å². The van der Waals surface area contributed by atoms with E-state index in [-0.39, 0.29) is 23.6 Å². The van der Waals surface area contributed by atoms with E-state index in [1.54, 1.807) is 0 Å². The molecule has 1 aromatic heterocycles. The van der Waals surface area contributed by atoms with Crippen molar-refractivity contribution in [1.82, 2.24) is 10.2 Å². The molecule has 0 fully saturated rings. The number of carbonyl (C=O) groups is 1. The molecule has 0 bridgehead atoms. The van der Waals surface area contributed by atoms with Crippen LogP contribution in [0.15, 0.2) is 82.4 Å². The van der Waals surface area contributed by atoms with Crippen molar-refractivity contribution in [2.45, 2.75) is 30.9 Å². The lowest BCUT2D eigenvalue weighted by molar-refractivity contribution is -0.115. The van der Waals surface area contributed by atoms with Gasteiger partial charge in [0.15, 0.2) is 6.61 Å². The first-order chi connectivity index (χ1) is 16.0. The number of nitrogens with zero attached hydrogens (tertiary/aromatic N) is 2. The van der Waals surface area contributed by atoms with Crippen LogP contribution in [0.3, 0.4) is 0 Å². The zero-order valence-corrected chi connectivity index (χ0v) is 18.9. The van der Waals surface area contributed by atoms with E-state index < -0.39 is 5.25 Å². The molecular formula is C25H22FN3O3S. The summed E-state index contributed by atoms with van der Waals surface area (Å²) in [5, 5.41) is 10.5. The molecule has 4 rings (SSSR count). The summed E-state index contributed by atoms with van der Waals surface area (Å²) in [7, 11) is 0. The van der Waals surface area contributed by atoms with Gasteiger partial charge in [0.1, 0.15) is 16.8 Å². The number of halogens is 1. The minimum absolute atomic E-state index is 0.121. The Bertz CT molecular complexity index is 1230. The van der Waals surface area contributed by atoms with Crippen LogP contribution in [0.4, 0.5) is 10.1 Å². The summed E-state index contributed by atoms with van der Waals surface area (Å²) < 4.78 is 24.8. The van der Waals surface area contributed by atoms with E-state index in [2.05, 4.69) is 15.5 Å². The predicted octanol–water partition coefficient (Wildman–Crippen LogP) is 5.88. The fraction of sp³-hybridized carbons (Fsp3) is 0.160. The number of amides is 1. The molecule has 168 valence electrons. The summed E-state index contributed by atoms with van der Waals surface area (Å²) >= 11 is 1.14. The van der Waals surface area contributed by atoms with Crippen LogP contribution in [0.1, 0.15) is 27.8 Å². The lowest BCUT2D eigenvalue weighted by Crippen LogP contribution is -2.19. The van der Waals surface area contributed by atoms with Crippen LogP contribution in [0, 0.1) is 19.7 Å². The van der Waals surface area contributed by atoms with Gasteiger partial charge in [0.05, 0.1) is 0 Å². The summed E-state index contributed by atoms with van der Waals surface area (Å²) in [4.78, 5) is 13.0. The second kappa shape index (κ2) is 10.3. The second-order valence-corrected chi connectivity index (χ2v) is 8.48. The first kappa shape index (κ1) is 22.5. The third-order valence-electron chi connectivity index (χ3n) is 4.81. The van der Waals surface area contributed by atoms with Crippen molar-refractivity contribution >= 4 is 23.4 Å². The predicted molar refractivity (Wildman–Crippen MR) is 125 cm³/mol. The van der Waals surface area contributed by atoms with Crippen molar-refractivity contribution in [3.05, 3.63) is 101 Å². The van der Waals surface area contributed by atoms with Gasteiger partial charge in [-0.15, -0.1) is 10.2 Å². The molecule has 1 unspecified atom stereocenters. The number of carbonyl (C=O) groups excluding carboxylic acids is 1. The van der Waals surface area contributed by atoms with E-state index in [9.17, 15) is 9.18 Å². The van der Waals surface area contributed by atoms with Gasteiger partial charge < -0.3 is 14.5 Å². The quantitative estimate of drug-likeness (QED) is 0.329. The van der Waals surface area contributed by atoms with Gasteiger partial charge in [0.25, 0.3) is 11.1 Å². The van der Waals surface area contributed by atoms with Gasteiger partial charge in [-0.1, -0.05) is 42.5 Å². The molecule has 1 heterocycles. The normalized spacial score (nSPS) is 11.7. The zero-order chi connectivity index (χ0) is 23.2. The van der Waals surface area contributed by atoms with E-state index in [0.29, 0.717) is 11.6 Å². The average Bonchev–Trinajstić information content (AvgIpc) is 3.27. The van der Waals surface area contributed by atoms with Gasteiger partial charge in [0.2, 0.25) is 5.91 Å². The Morgan fingerprint density at radius 3 is 2.58 bits per heavy atom.